The lowest BCUT2D eigenvalue weighted by Gasteiger charge is -2.33. The van der Waals surface area contributed by atoms with Crippen molar-refractivity contribution >= 4 is 17.8 Å². The highest BCUT2D eigenvalue weighted by Gasteiger charge is 2.30. The number of carbonyl (C=O) groups is 1. The van der Waals surface area contributed by atoms with Gasteiger partial charge in [0.25, 0.3) is 0 Å². The van der Waals surface area contributed by atoms with Crippen LogP contribution in [0.4, 0.5) is 4.79 Å². The predicted molar refractivity (Wildman–Crippen MR) is 84.1 cm³/mol. The molecule has 2 aliphatic carbocycles. The molecule has 2 rings (SSSR count). The van der Waals surface area contributed by atoms with E-state index in [9.17, 15) is 9.90 Å². The van der Waals surface area contributed by atoms with Gasteiger partial charge < -0.3 is 15.7 Å². The van der Waals surface area contributed by atoms with Gasteiger partial charge in [-0.05, 0) is 38.4 Å². The molecule has 2 aliphatic rings. The molecule has 2 amide bonds. The molecule has 4 nitrogen and oxygen atoms in total. The predicted octanol–water partition coefficient (Wildman–Crippen LogP) is 2.66. The van der Waals surface area contributed by atoms with Crippen LogP contribution < -0.4 is 10.6 Å². The minimum atomic E-state index is -0.677. The summed E-state index contributed by atoms with van der Waals surface area (Å²) >= 11 is 1.90. The van der Waals surface area contributed by atoms with Crippen LogP contribution in [0.2, 0.25) is 0 Å². The molecule has 0 aromatic rings. The molecule has 0 saturated heterocycles. The van der Waals surface area contributed by atoms with Crippen LogP contribution in [0.3, 0.4) is 0 Å². The molecule has 2 atom stereocenters. The van der Waals surface area contributed by atoms with Crippen molar-refractivity contribution in [1.82, 2.24) is 10.6 Å². The fraction of sp³-hybridized carbons (Fsp3) is 0.933. The van der Waals surface area contributed by atoms with E-state index in [-0.39, 0.29) is 6.03 Å². The SMILES string of the molecule is CSC1CCCC(NC(=O)NCC2(O)CCCCC2)C1. The molecule has 2 fully saturated rings. The van der Waals surface area contributed by atoms with Crippen LogP contribution in [0.1, 0.15) is 57.8 Å². The smallest absolute Gasteiger partial charge is 0.315 e. The maximum absolute atomic E-state index is 12.0. The molecular formula is C15H28N2O2S. The number of aliphatic hydroxyl groups is 1. The lowest BCUT2D eigenvalue weighted by molar-refractivity contribution is 0.00710. The van der Waals surface area contributed by atoms with E-state index in [1.807, 2.05) is 11.8 Å². The summed E-state index contributed by atoms with van der Waals surface area (Å²) in [6.07, 6.45) is 11.7. The lowest BCUT2D eigenvalue weighted by Crippen LogP contribution is -2.50. The summed E-state index contributed by atoms with van der Waals surface area (Å²) in [4.78, 5) is 12.0. The molecule has 2 saturated carbocycles. The maximum Gasteiger partial charge on any atom is 0.315 e. The Kier molecular flexibility index (Phi) is 6.02. The Bertz CT molecular complexity index is 319. The second-order valence-corrected chi connectivity index (χ2v) is 7.47. The average Bonchev–Trinajstić information content (AvgIpc) is 2.46. The molecule has 116 valence electrons. The zero-order valence-electron chi connectivity index (χ0n) is 12.5. The summed E-state index contributed by atoms with van der Waals surface area (Å²) in [5, 5.41) is 17.0. The van der Waals surface area contributed by atoms with Crippen molar-refractivity contribution in [1.29, 1.82) is 0 Å². The molecule has 0 aliphatic heterocycles. The summed E-state index contributed by atoms with van der Waals surface area (Å²) in [6.45, 7) is 0.386. The number of carbonyl (C=O) groups excluding carboxylic acids is 1. The van der Waals surface area contributed by atoms with E-state index in [4.69, 9.17) is 0 Å². The zero-order valence-corrected chi connectivity index (χ0v) is 13.3. The van der Waals surface area contributed by atoms with Crippen molar-refractivity contribution in [3.05, 3.63) is 0 Å². The fourth-order valence-electron chi connectivity index (χ4n) is 3.36. The molecule has 0 aromatic heterocycles. The van der Waals surface area contributed by atoms with Crippen LogP contribution in [-0.2, 0) is 0 Å². The van der Waals surface area contributed by atoms with Gasteiger partial charge in [-0.25, -0.2) is 4.79 Å². The van der Waals surface area contributed by atoms with Crippen molar-refractivity contribution in [3.63, 3.8) is 0 Å². The van der Waals surface area contributed by atoms with Crippen molar-refractivity contribution < 1.29 is 9.90 Å². The third kappa shape index (κ3) is 4.85. The number of urea groups is 1. The van der Waals surface area contributed by atoms with Crippen LogP contribution in [0, 0.1) is 0 Å². The minimum absolute atomic E-state index is 0.115. The van der Waals surface area contributed by atoms with Gasteiger partial charge in [-0.15, -0.1) is 0 Å². The van der Waals surface area contributed by atoms with Crippen LogP contribution in [0.25, 0.3) is 0 Å². The molecule has 2 unspecified atom stereocenters. The first-order valence-electron chi connectivity index (χ1n) is 7.91. The first-order valence-corrected chi connectivity index (χ1v) is 9.20. The molecule has 0 spiro atoms. The third-order valence-corrected chi connectivity index (χ3v) is 5.75. The van der Waals surface area contributed by atoms with Gasteiger partial charge in [-0.1, -0.05) is 25.7 Å². The molecule has 0 bridgehead atoms. The fourth-order valence-corrected chi connectivity index (χ4v) is 4.19. The van der Waals surface area contributed by atoms with Crippen molar-refractivity contribution in [2.24, 2.45) is 0 Å². The third-order valence-electron chi connectivity index (χ3n) is 4.66. The molecular weight excluding hydrogens is 272 g/mol. The summed E-state index contributed by atoms with van der Waals surface area (Å²) < 4.78 is 0. The Morgan fingerprint density at radius 2 is 2.00 bits per heavy atom. The minimum Gasteiger partial charge on any atom is -0.388 e. The molecule has 3 N–H and O–H groups in total. The summed E-state index contributed by atoms with van der Waals surface area (Å²) in [5.41, 5.74) is -0.677. The number of thioether (sulfide) groups is 1. The van der Waals surface area contributed by atoms with Crippen LogP contribution in [0.15, 0.2) is 0 Å². The lowest BCUT2D eigenvalue weighted by atomic mass is 9.85. The van der Waals surface area contributed by atoms with Gasteiger partial charge in [-0.2, -0.15) is 11.8 Å². The number of nitrogens with one attached hydrogen (secondary N) is 2. The van der Waals surface area contributed by atoms with Gasteiger partial charge in [0.2, 0.25) is 0 Å². The number of rotatable bonds is 4. The van der Waals surface area contributed by atoms with Crippen LogP contribution in [-0.4, -0.2) is 40.8 Å². The van der Waals surface area contributed by atoms with Gasteiger partial charge in [0, 0.05) is 17.8 Å². The van der Waals surface area contributed by atoms with E-state index in [2.05, 4.69) is 16.9 Å². The van der Waals surface area contributed by atoms with Gasteiger partial charge in [0.1, 0.15) is 0 Å². The van der Waals surface area contributed by atoms with E-state index in [1.54, 1.807) is 0 Å². The summed E-state index contributed by atoms with van der Waals surface area (Å²) in [7, 11) is 0. The second kappa shape index (κ2) is 7.55. The van der Waals surface area contributed by atoms with Gasteiger partial charge in [0.05, 0.1) is 5.60 Å². The normalized spacial score (nSPS) is 29.7. The Morgan fingerprint density at radius 3 is 2.70 bits per heavy atom. The highest BCUT2D eigenvalue weighted by Crippen LogP contribution is 2.28. The van der Waals surface area contributed by atoms with Crippen molar-refractivity contribution in [2.45, 2.75) is 74.7 Å². The monoisotopic (exact) mass is 300 g/mol. The van der Waals surface area contributed by atoms with E-state index in [0.29, 0.717) is 17.8 Å². The van der Waals surface area contributed by atoms with Crippen LogP contribution in [0.5, 0.6) is 0 Å². The Balaban J connectivity index is 1.69. The number of amides is 2. The van der Waals surface area contributed by atoms with Gasteiger partial charge in [0.15, 0.2) is 0 Å². The van der Waals surface area contributed by atoms with E-state index in [0.717, 1.165) is 38.5 Å². The summed E-state index contributed by atoms with van der Waals surface area (Å²) in [6, 6.07) is 0.179. The quantitative estimate of drug-likeness (QED) is 0.748. The van der Waals surface area contributed by atoms with Gasteiger partial charge in [-0.3, -0.25) is 0 Å². The second-order valence-electron chi connectivity index (χ2n) is 6.33. The van der Waals surface area contributed by atoms with E-state index < -0.39 is 5.60 Å². The average molecular weight is 300 g/mol. The first kappa shape index (κ1) is 16.0. The summed E-state index contributed by atoms with van der Waals surface area (Å²) in [5.74, 6) is 0. The molecule has 5 heteroatoms. The maximum atomic E-state index is 12.0. The standard InChI is InChI=1S/C15H28N2O2S/c1-20-13-7-5-6-12(10-13)17-14(18)16-11-15(19)8-3-2-4-9-15/h12-13,19H,2-11H2,1H3,(H2,16,17,18). The molecule has 20 heavy (non-hydrogen) atoms. The van der Waals surface area contributed by atoms with Crippen molar-refractivity contribution in [3.8, 4) is 0 Å². The topological polar surface area (TPSA) is 61.4 Å². The Hall–Kier alpha value is -0.420. The zero-order chi connectivity index (χ0) is 14.4. The molecule has 0 aromatic carbocycles. The first-order chi connectivity index (χ1) is 9.61. The van der Waals surface area contributed by atoms with E-state index >= 15 is 0 Å². The largest absolute Gasteiger partial charge is 0.388 e. The Labute approximate surface area is 126 Å². The van der Waals surface area contributed by atoms with Crippen molar-refractivity contribution in [2.75, 3.05) is 12.8 Å². The Morgan fingerprint density at radius 1 is 1.25 bits per heavy atom. The number of hydrogen-bond donors (Lipinski definition) is 3. The number of hydrogen-bond acceptors (Lipinski definition) is 3. The molecule has 0 heterocycles. The highest BCUT2D eigenvalue weighted by molar-refractivity contribution is 7.99. The van der Waals surface area contributed by atoms with Crippen LogP contribution >= 0.6 is 11.8 Å². The van der Waals surface area contributed by atoms with Gasteiger partial charge >= 0.3 is 6.03 Å². The highest BCUT2D eigenvalue weighted by atomic mass is 32.2. The van der Waals surface area contributed by atoms with E-state index in [1.165, 1.54) is 19.3 Å². The molecule has 0 radical (unpaired) electrons.